The first-order chi connectivity index (χ1) is 13.0. The molecular weight excluding hydrogens is 330 g/mol. The van der Waals surface area contributed by atoms with Crippen molar-refractivity contribution in [3.8, 4) is 0 Å². The maximum Gasteiger partial charge on any atom is 0.0894 e. The van der Waals surface area contributed by atoms with E-state index in [1.807, 2.05) is 6.21 Å². The molecule has 1 aromatic carbocycles. The molecule has 1 saturated heterocycles. The lowest BCUT2D eigenvalue weighted by atomic mass is 9.89. The van der Waals surface area contributed by atoms with Crippen LogP contribution in [-0.4, -0.2) is 43.8 Å². The van der Waals surface area contributed by atoms with Crippen LogP contribution in [0.5, 0.6) is 0 Å². The molecule has 150 valence electrons. The minimum atomic E-state index is 0.715. The molecule has 1 aromatic rings. The Morgan fingerprint density at radius 2 is 1.89 bits per heavy atom. The molecule has 1 aliphatic heterocycles. The highest BCUT2D eigenvalue weighted by Crippen LogP contribution is 2.37. The SMILES string of the molecule is C=C/C=N\c1c(N2CC(C)CC(CN(CCC)CCC)C2)ccc(C)c1C. The van der Waals surface area contributed by atoms with Crippen LogP contribution < -0.4 is 4.90 Å². The van der Waals surface area contributed by atoms with Crippen LogP contribution in [0, 0.1) is 25.7 Å². The first-order valence-corrected chi connectivity index (χ1v) is 10.7. The second-order valence-corrected chi connectivity index (χ2v) is 8.30. The van der Waals surface area contributed by atoms with Crippen molar-refractivity contribution in [1.82, 2.24) is 4.90 Å². The highest BCUT2D eigenvalue weighted by Gasteiger charge is 2.27. The summed E-state index contributed by atoms with van der Waals surface area (Å²) in [5, 5.41) is 0. The van der Waals surface area contributed by atoms with Gasteiger partial charge in [-0.3, -0.25) is 4.99 Å². The van der Waals surface area contributed by atoms with Gasteiger partial charge in [-0.05, 0) is 75.2 Å². The van der Waals surface area contributed by atoms with Crippen molar-refractivity contribution in [2.75, 3.05) is 37.6 Å². The monoisotopic (exact) mass is 369 g/mol. The van der Waals surface area contributed by atoms with Crippen molar-refractivity contribution in [3.05, 3.63) is 35.9 Å². The average molecular weight is 370 g/mol. The van der Waals surface area contributed by atoms with E-state index in [2.05, 4.69) is 63.1 Å². The number of allylic oxidation sites excluding steroid dienone is 1. The van der Waals surface area contributed by atoms with Crippen LogP contribution in [0.2, 0.25) is 0 Å². The van der Waals surface area contributed by atoms with Crippen LogP contribution in [0.25, 0.3) is 0 Å². The zero-order valence-corrected chi connectivity index (χ0v) is 18.2. The third kappa shape index (κ3) is 5.93. The summed E-state index contributed by atoms with van der Waals surface area (Å²) >= 11 is 0. The first-order valence-electron chi connectivity index (χ1n) is 10.7. The molecular formula is C24H39N3. The van der Waals surface area contributed by atoms with Crippen LogP contribution in [0.15, 0.2) is 29.8 Å². The molecule has 1 fully saturated rings. The fraction of sp³-hybridized carbons (Fsp3) is 0.625. The second-order valence-electron chi connectivity index (χ2n) is 8.30. The number of benzene rings is 1. The summed E-state index contributed by atoms with van der Waals surface area (Å²) in [5.41, 5.74) is 4.97. The van der Waals surface area contributed by atoms with Crippen molar-refractivity contribution in [2.24, 2.45) is 16.8 Å². The Balaban J connectivity index is 2.24. The average Bonchev–Trinajstić information content (AvgIpc) is 2.63. The fourth-order valence-corrected chi connectivity index (χ4v) is 4.43. The van der Waals surface area contributed by atoms with Gasteiger partial charge >= 0.3 is 0 Å². The Bertz CT molecular complexity index is 629. The quantitative estimate of drug-likeness (QED) is 0.514. The zero-order chi connectivity index (χ0) is 19.8. The zero-order valence-electron chi connectivity index (χ0n) is 18.2. The molecule has 3 nitrogen and oxygen atoms in total. The lowest BCUT2D eigenvalue weighted by molar-refractivity contribution is 0.200. The van der Waals surface area contributed by atoms with E-state index in [0.717, 1.165) is 24.7 Å². The van der Waals surface area contributed by atoms with Crippen LogP contribution in [0.3, 0.4) is 0 Å². The van der Waals surface area contributed by atoms with E-state index in [0.29, 0.717) is 5.92 Å². The fourth-order valence-electron chi connectivity index (χ4n) is 4.43. The summed E-state index contributed by atoms with van der Waals surface area (Å²) in [6, 6.07) is 4.51. The normalized spacial score (nSPS) is 20.6. The van der Waals surface area contributed by atoms with Crippen molar-refractivity contribution >= 4 is 17.6 Å². The van der Waals surface area contributed by atoms with Gasteiger partial charge in [0.1, 0.15) is 0 Å². The maximum absolute atomic E-state index is 4.73. The molecule has 0 bridgehead atoms. The molecule has 2 unspecified atom stereocenters. The van der Waals surface area contributed by atoms with Gasteiger partial charge in [-0.25, -0.2) is 0 Å². The lowest BCUT2D eigenvalue weighted by Gasteiger charge is -2.40. The molecule has 0 spiro atoms. The molecule has 1 aliphatic rings. The van der Waals surface area contributed by atoms with Gasteiger partial charge < -0.3 is 9.80 Å². The second kappa shape index (κ2) is 10.7. The number of hydrogen-bond donors (Lipinski definition) is 0. The number of rotatable bonds is 9. The number of aryl methyl sites for hydroxylation is 1. The van der Waals surface area contributed by atoms with Crippen molar-refractivity contribution in [1.29, 1.82) is 0 Å². The molecule has 0 saturated carbocycles. The molecule has 0 aromatic heterocycles. The van der Waals surface area contributed by atoms with Gasteiger partial charge in [-0.2, -0.15) is 0 Å². The van der Waals surface area contributed by atoms with E-state index >= 15 is 0 Å². The van der Waals surface area contributed by atoms with Crippen molar-refractivity contribution in [2.45, 2.75) is 53.9 Å². The Kier molecular flexibility index (Phi) is 8.56. The van der Waals surface area contributed by atoms with Crippen LogP contribution in [0.1, 0.15) is 51.2 Å². The third-order valence-electron chi connectivity index (χ3n) is 5.67. The topological polar surface area (TPSA) is 18.8 Å². The van der Waals surface area contributed by atoms with Crippen LogP contribution in [-0.2, 0) is 0 Å². The molecule has 2 rings (SSSR count). The molecule has 0 aliphatic carbocycles. The number of nitrogens with zero attached hydrogens (tertiary/aromatic N) is 3. The van der Waals surface area contributed by atoms with Gasteiger partial charge in [0.05, 0.1) is 11.4 Å². The Morgan fingerprint density at radius 3 is 2.52 bits per heavy atom. The predicted molar refractivity (Wildman–Crippen MR) is 121 cm³/mol. The van der Waals surface area contributed by atoms with E-state index in [9.17, 15) is 0 Å². The molecule has 1 heterocycles. The van der Waals surface area contributed by atoms with Crippen LogP contribution >= 0.6 is 0 Å². The van der Waals surface area contributed by atoms with E-state index in [4.69, 9.17) is 4.99 Å². The van der Waals surface area contributed by atoms with E-state index in [-0.39, 0.29) is 0 Å². The maximum atomic E-state index is 4.73. The van der Waals surface area contributed by atoms with Gasteiger partial charge in [0, 0.05) is 25.8 Å². The Labute approximate surface area is 167 Å². The smallest absolute Gasteiger partial charge is 0.0894 e. The number of anilines is 1. The third-order valence-corrected chi connectivity index (χ3v) is 5.67. The van der Waals surface area contributed by atoms with Gasteiger partial charge in [-0.1, -0.05) is 39.5 Å². The van der Waals surface area contributed by atoms with E-state index in [1.54, 1.807) is 6.08 Å². The van der Waals surface area contributed by atoms with Gasteiger partial charge in [-0.15, -0.1) is 0 Å². The molecule has 2 atom stereocenters. The molecule has 0 radical (unpaired) electrons. The molecule has 3 heteroatoms. The highest BCUT2D eigenvalue weighted by atomic mass is 15.2. The predicted octanol–water partition coefficient (Wildman–Crippen LogP) is 5.78. The van der Waals surface area contributed by atoms with E-state index in [1.165, 1.54) is 55.7 Å². The molecule has 0 amide bonds. The van der Waals surface area contributed by atoms with Crippen molar-refractivity contribution in [3.63, 3.8) is 0 Å². The lowest BCUT2D eigenvalue weighted by Crippen LogP contribution is -2.44. The van der Waals surface area contributed by atoms with Gasteiger partial charge in [0.2, 0.25) is 0 Å². The van der Waals surface area contributed by atoms with Gasteiger partial charge in [0.25, 0.3) is 0 Å². The molecule has 0 N–H and O–H groups in total. The summed E-state index contributed by atoms with van der Waals surface area (Å²) in [7, 11) is 0. The van der Waals surface area contributed by atoms with Crippen LogP contribution in [0.4, 0.5) is 11.4 Å². The minimum absolute atomic E-state index is 0.715. The highest BCUT2D eigenvalue weighted by molar-refractivity contribution is 5.80. The van der Waals surface area contributed by atoms with E-state index < -0.39 is 0 Å². The number of hydrogen-bond acceptors (Lipinski definition) is 3. The first kappa shape index (κ1) is 21.7. The summed E-state index contributed by atoms with van der Waals surface area (Å²) < 4.78 is 0. The summed E-state index contributed by atoms with van der Waals surface area (Å²) in [5.74, 6) is 1.44. The molecule has 27 heavy (non-hydrogen) atoms. The Hall–Kier alpha value is -1.61. The minimum Gasteiger partial charge on any atom is -0.369 e. The number of piperidine rings is 1. The summed E-state index contributed by atoms with van der Waals surface area (Å²) in [6.07, 6.45) is 7.39. The standard InChI is InChI=1S/C24H39N3/c1-7-12-25-24-21(6)20(5)10-11-23(24)27-16-19(4)15-22(18-27)17-26(13-8-2)14-9-3/h7,10-12,19,22H,1,8-9,13-18H2,2-6H3/b25-12-. The van der Waals surface area contributed by atoms with Crippen molar-refractivity contribution < 1.29 is 0 Å². The number of aliphatic imine (C=N–C) groups is 1. The largest absolute Gasteiger partial charge is 0.369 e. The summed E-state index contributed by atoms with van der Waals surface area (Å²) in [4.78, 5) is 9.98. The summed E-state index contributed by atoms with van der Waals surface area (Å²) in [6.45, 7) is 21.0. The van der Waals surface area contributed by atoms with Gasteiger partial charge in [0.15, 0.2) is 0 Å². The Morgan fingerprint density at radius 1 is 1.19 bits per heavy atom.